The maximum absolute atomic E-state index is 12.7. The van der Waals surface area contributed by atoms with E-state index in [0.29, 0.717) is 6.42 Å². The van der Waals surface area contributed by atoms with E-state index in [1.807, 2.05) is 44.2 Å². The summed E-state index contributed by atoms with van der Waals surface area (Å²) in [6.45, 7) is 9.18. The van der Waals surface area contributed by atoms with Gasteiger partial charge < -0.3 is 15.2 Å². The number of ether oxygens (including phenoxy) is 1. The Bertz CT molecular complexity index is 761. The molecule has 9 heteroatoms. The van der Waals surface area contributed by atoms with Crippen LogP contribution in [0, 0.1) is 5.92 Å². The number of carbonyl (C=O) groups excluding carboxylic acids is 1. The molecular formula is C21H37N3O5S. The Hall–Kier alpha value is -1.68. The Kier molecular flexibility index (Phi) is 9.74. The third-order valence-electron chi connectivity index (χ3n) is 4.21. The minimum absolute atomic E-state index is 0.0679. The lowest BCUT2D eigenvalue weighted by Crippen LogP contribution is -2.53. The molecule has 1 aromatic rings. The van der Waals surface area contributed by atoms with E-state index in [4.69, 9.17) is 4.74 Å². The molecule has 2 N–H and O–H groups in total. The van der Waals surface area contributed by atoms with Crippen LogP contribution in [0.1, 0.15) is 40.2 Å². The highest BCUT2D eigenvalue weighted by atomic mass is 32.2. The van der Waals surface area contributed by atoms with Crippen molar-refractivity contribution in [3.05, 3.63) is 35.9 Å². The molecule has 1 rings (SSSR count). The molecule has 1 amide bonds. The van der Waals surface area contributed by atoms with Gasteiger partial charge in [0.05, 0.1) is 12.1 Å². The van der Waals surface area contributed by atoms with E-state index in [1.165, 1.54) is 18.4 Å². The Morgan fingerprint density at radius 1 is 1.13 bits per heavy atom. The first kappa shape index (κ1) is 26.4. The Morgan fingerprint density at radius 3 is 2.17 bits per heavy atom. The van der Waals surface area contributed by atoms with Crippen molar-refractivity contribution in [3.8, 4) is 0 Å². The average Bonchev–Trinajstić information content (AvgIpc) is 2.59. The number of carbonyl (C=O) groups is 1. The van der Waals surface area contributed by atoms with Crippen molar-refractivity contribution in [1.82, 2.24) is 13.9 Å². The molecule has 0 heterocycles. The summed E-state index contributed by atoms with van der Waals surface area (Å²) < 4.78 is 33.1. The summed E-state index contributed by atoms with van der Waals surface area (Å²) in [5, 5.41) is 13.7. The predicted octanol–water partition coefficient (Wildman–Crippen LogP) is 2.25. The molecule has 0 aliphatic carbocycles. The molecule has 0 aromatic heterocycles. The van der Waals surface area contributed by atoms with Gasteiger partial charge in [0.1, 0.15) is 5.60 Å². The average molecular weight is 444 g/mol. The van der Waals surface area contributed by atoms with Crippen LogP contribution in [0.4, 0.5) is 4.79 Å². The second kappa shape index (κ2) is 11.1. The van der Waals surface area contributed by atoms with Crippen molar-refractivity contribution in [2.24, 2.45) is 5.92 Å². The summed E-state index contributed by atoms with van der Waals surface area (Å²) in [4.78, 5) is 12.3. The van der Waals surface area contributed by atoms with Gasteiger partial charge in [0.25, 0.3) is 10.2 Å². The van der Waals surface area contributed by atoms with Crippen LogP contribution < -0.4 is 5.32 Å². The number of hydrogen-bond acceptors (Lipinski definition) is 5. The smallest absolute Gasteiger partial charge is 0.407 e. The van der Waals surface area contributed by atoms with Crippen LogP contribution >= 0.6 is 0 Å². The minimum atomic E-state index is -3.73. The zero-order chi connectivity index (χ0) is 23.1. The van der Waals surface area contributed by atoms with E-state index >= 15 is 0 Å². The van der Waals surface area contributed by atoms with Gasteiger partial charge in [0.15, 0.2) is 0 Å². The second-order valence-corrected chi connectivity index (χ2v) is 11.2. The van der Waals surface area contributed by atoms with Gasteiger partial charge in [-0.2, -0.15) is 17.0 Å². The summed E-state index contributed by atoms with van der Waals surface area (Å²) in [5.41, 5.74) is 0.216. The highest BCUT2D eigenvalue weighted by Gasteiger charge is 2.32. The van der Waals surface area contributed by atoms with Gasteiger partial charge in [-0.3, -0.25) is 0 Å². The molecule has 0 saturated carbocycles. The quantitative estimate of drug-likeness (QED) is 0.578. The molecule has 0 spiro atoms. The summed E-state index contributed by atoms with van der Waals surface area (Å²) in [6.07, 6.45) is -1.46. The number of rotatable bonds is 10. The zero-order valence-corrected chi connectivity index (χ0v) is 19.9. The van der Waals surface area contributed by atoms with E-state index < -0.39 is 34.0 Å². The highest BCUT2D eigenvalue weighted by molar-refractivity contribution is 7.86. The molecule has 0 aliphatic rings. The van der Waals surface area contributed by atoms with Crippen molar-refractivity contribution in [2.45, 2.75) is 58.8 Å². The van der Waals surface area contributed by atoms with Crippen LogP contribution in [0.15, 0.2) is 30.3 Å². The number of hydrogen-bond donors (Lipinski definition) is 2. The van der Waals surface area contributed by atoms with Gasteiger partial charge in [0.2, 0.25) is 0 Å². The van der Waals surface area contributed by atoms with Gasteiger partial charge in [-0.25, -0.2) is 4.79 Å². The van der Waals surface area contributed by atoms with Gasteiger partial charge in [-0.1, -0.05) is 44.2 Å². The second-order valence-electron chi connectivity index (χ2n) is 9.01. The maximum atomic E-state index is 12.7. The fourth-order valence-corrected chi connectivity index (χ4v) is 4.14. The SMILES string of the molecule is CC(C)CN(C[C@@H](O)[C@H](Cc1ccccc1)NC(=O)OC(C)(C)C)S(=O)(=O)N(C)C. The molecule has 0 unspecified atom stereocenters. The van der Waals surface area contributed by atoms with Crippen molar-refractivity contribution in [2.75, 3.05) is 27.2 Å². The van der Waals surface area contributed by atoms with Gasteiger partial charge in [-0.05, 0) is 38.7 Å². The van der Waals surface area contributed by atoms with Crippen LogP contribution in [0.3, 0.4) is 0 Å². The summed E-state index contributed by atoms with van der Waals surface area (Å²) >= 11 is 0. The van der Waals surface area contributed by atoms with E-state index in [-0.39, 0.29) is 19.0 Å². The molecule has 8 nitrogen and oxygen atoms in total. The molecule has 0 radical (unpaired) electrons. The number of benzene rings is 1. The Labute approximate surface area is 181 Å². The molecule has 172 valence electrons. The molecule has 0 aliphatic heterocycles. The fraction of sp³-hybridized carbons (Fsp3) is 0.667. The largest absolute Gasteiger partial charge is 0.444 e. The van der Waals surface area contributed by atoms with Crippen molar-refractivity contribution in [3.63, 3.8) is 0 Å². The van der Waals surface area contributed by atoms with E-state index in [2.05, 4.69) is 5.32 Å². The molecule has 1 aromatic carbocycles. The lowest BCUT2D eigenvalue weighted by Gasteiger charge is -2.32. The third kappa shape index (κ3) is 8.99. The van der Waals surface area contributed by atoms with Gasteiger partial charge in [-0.15, -0.1) is 0 Å². The first-order chi connectivity index (χ1) is 13.7. The summed E-state index contributed by atoms with van der Waals surface area (Å²) in [7, 11) is -0.822. The predicted molar refractivity (Wildman–Crippen MR) is 118 cm³/mol. The van der Waals surface area contributed by atoms with Crippen LogP contribution in [-0.2, 0) is 21.4 Å². The number of aliphatic hydroxyl groups excluding tert-OH is 1. The normalized spacial score (nSPS) is 14.8. The van der Waals surface area contributed by atoms with E-state index in [9.17, 15) is 18.3 Å². The minimum Gasteiger partial charge on any atom is -0.444 e. The lowest BCUT2D eigenvalue weighted by atomic mass is 10.0. The zero-order valence-electron chi connectivity index (χ0n) is 19.1. The van der Waals surface area contributed by atoms with Crippen molar-refractivity contribution in [1.29, 1.82) is 0 Å². The molecule has 0 bridgehead atoms. The molecule has 30 heavy (non-hydrogen) atoms. The van der Waals surface area contributed by atoms with Crippen LogP contribution in [0.5, 0.6) is 0 Å². The number of nitrogens with zero attached hydrogens (tertiary/aromatic N) is 2. The van der Waals surface area contributed by atoms with Crippen LogP contribution in [0.2, 0.25) is 0 Å². The lowest BCUT2D eigenvalue weighted by molar-refractivity contribution is 0.0398. The van der Waals surface area contributed by atoms with E-state index in [0.717, 1.165) is 9.87 Å². The Morgan fingerprint density at radius 2 is 1.70 bits per heavy atom. The number of amides is 1. The van der Waals surface area contributed by atoms with E-state index in [1.54, 1.807) is 20.8 Å². The number of aliphatic hydroxyl groups is 1. The molecule has 2 atom stereocenters. The molecule has 0 fully saturated rings. The van der Waals surface area contributed by atoms with Gasteiger partial charge >= 0.3 is 6.09 Å². The number of alkyl carbamates (subject to hydrolysis) is 1. The van der Waals surface area contributed by atoms with Crippen molar-refractivity contribution < 1.29 is 23.1 Å². The van der Waals surface area contributed by atoms with Gasteiger partial charge in [0, 0.05) is 27.2 Å². The van der Waals surface area contributed by atoms with Crippen LogP contribution in [-0.4, -0.2) is 73.2 Å². The maximum Gasteiger partial charge on any atom is 0.407 e. The van der Waals surface area contributed by atoms with Crippen LogP contribution in [0.25, 0.3) is 0 Å². The third-order valence-corrected chi connectivity index (χ3v) is 6.09. The summed E-state index contributed by atoms with van der Waals surface area (Å²) in [5.74, 6) is 0.0679. The molecular weight excluding hydrogens is 406 g/mol. The highest BCUT2D eigenvalue weighted by Crippen LogP contribution is 2.14. The first-order valence-corrected chi connectivity index (χ1v) is 11.5. The number of nitrogens with one attached hydrogen (secondary N) is 1. The van der Waals surface area contributed by atoms with Crippen molar-refractivity contribution >= 4 is 16.3 Å². The Balaban J connectivity index is 3.08. The fourth-order valence-electron chi connectivity index (χ4n) is 2.85. The molecule has 0 saturated heterocycles. The standard InChI is InChI=1S/C21H37N3O5S/c1-16(2)14-24(30(27,28)23(6)7)15-19(25)18(13-17-11-9-8-10-12-17)22-20(26)29-21(3,4)5/h8-12,16,18-19,25H,13-15H2,1-7H3,(H,22,26)/t18-,19+/m0/s1. The first-order valence-electron chi connectivity index (χ1n) is 10.1. The summed E-state index contributed by atoms with van der Waals surface area (Å²) in [6, 6.07) is 8.67. The monoisotopic (exact) mass is 443 g/mol. The topological polar surface area (TPSA) is 99.2 Å².